The number of hydrogen-bond donors (Lipinski definition) is 2. The largest absolute Gasteiger partial charge is 1.00 e. The summed E-state index contributed by atoms with van der Waals surface area (Å²) in [6.45, 7) is -0.622. The first-order valence-corrected chi connectivity index (χ1v) is 11.8. The summed E-state index contributed by atoms with van der Waals surface area (Å²) in [5.41, 5.74) is 5.28. The quantitative estimate of drug-likeness (QED) is 0.0816. The van der Waals surface area contributed by atoms with E-state index in [0.717, 1.165) is 11.3 Å². The number of nitrogens with zero attached hydrogens (tertiary/aromatic N) is 3. The van der Waals surface area contributed by atoms with Crippen LogP contribution in [0.1, 0.15) is 10.6 Å². The van der Waals surface area contributed by atoms with Gasteiger partial charge in [0.1, 0.15) is 31.5 Å². The molecule has 3 rings (SSSR count). The summed E-state index contributed by atoms with van der Waals surface area (Å²) < 4.78 is 39.4. The summed E-state index contributed by atoms with van der Waals surface area (Å²) in [7, 11) is -4.02. The van der Waals surface area contributed by atoms with Crippen molar-refractivity contribution in [3.05, 3.63) is 33.5 Å². The smallest absolute Gasteiger partial charge is 0.731 e. The van der Waals surface area contributed by atoms with E-state index in [1.807, 2.05) is 0 Å². The molecule has 3 heterocycles. The molecule has 13 nitrogen and oxygen atoms in total. The van der Waals surface area contributed by atoms with Crippen LogP contribution in [0.4, 0.5) is 5.13 Å². The molecule has 3 N–H and O–H groups in total. The zero-order valence-electron chi connectivity index (χ0n) is 17.3. The minimum atomic E-state index is -5.20. The van der Waals surface area contributed by atoms with Crippen LogP contribution in [0, 0.1) is 0 Å². The van der Waals surface area contributed by atoms with Crippen LogP contribution in [0.25, 0.3) is 0 Å². The average Bonchev–Trinajstić information content (AvgIpc) is 3.37. The van der Waals surface area contributed by atoms with Crippen molar-refractivity contribution < 1.29 is 66.5 Å². The molecule has 17 heteroatoms. The van der Waals surface area contributed by atoms with Gasteiger partial charge in [-0.2, -0.15) is 0 Å². The molecule has 1 aliphatic rings. The molecule has 1 fully saturated rings. The predicted molar refractivity (Wildman–Crippen MR) is 111 cm³/mol. The molecule has 2 amide bonds. The fraction of sp³-hybridized carbons (Fsp3) is 0.312. The second-order valence-corrected chi connectivity index (χ2v) is 9.41. The first kappa shape index (κ1) is 27.2. The van der Waals surface area contributed by atoms with Gasteiger partial charge < -0.3 is 25.2 Å². The van der Waals surface area contributed by atoms with E-state index in [1.165, 1.54) is 23.8 Å². The standard InChI is InChI=1S/C16H17N5O8S3.Na/c1-28-20-12(9-7-31-16(17)18-9)14(23)19-13-10(21(15(13)24)32(25,26)27)6-29-11(22)5-8-3-2-4-30-8;/h2-4,7,10,13H,5-6H2,1H3,(H2,17,18)(H,19,23)(H,25,26,27);/q;+1/p-1/t10-,13+;/m0./s1. The summed E-state index contributed by atoms with van der Waals surface area (Å²) >= 11 is 2.35. The first-order valence-electron chi connectivity index (χ1n) is 8.72. The fourth-order valence-corrected chi connectivity index (χ4v) is 4.89. The van der Waals surface area contributed by atoms with Crippen LogP contribution in [0.3, 0.4) is 0 Å². The maximum atomic E-state index is 12.6. The molecule has 0 radical (unpaired) electrons. The SMILES string of the molecule is CON=C(C(=O)N[C@H]1C(=O)N(S(=O)(=O)[O-])[C@H]1COC(=O)Cc1cccs1)c1csc(N)n1.[Na+]. The van der Waals surface area contributed by atoms with Crippen molar-refractivity contribution in [3.63, 3.8) is 0 Å². The molecule has 33 heavy (non-hydrogen) atoms. The Morgan fingerprint density at radius 3 is 2.67 bits per heavy atom. The first-order chi connectivity index (χ1) is 15.1. The topological polar surface area (TPSA) is 193 Å². The molecule has 1 aliphatic heterocycles. The van der Waals surface area contributed by atoms with Gasteiger partial charge in [-0.3, -0.25) is 14.4 Å². The van der Waals surface area contributed by atoms with E-state index in [9.17, 15) is 27.4 Å². The fourth-order valence-electron chi connectivity index (χ4n) is 2.80. The summed E-state index contributed by atoms with van der Waals surface area (Å²) in [5.74, 6) is -2.81. The summed E-state index contributed by atoms with van der Waals surface area (Å²) in [6.07, 6.45) is -0.0740. The van der Waals surface area contributed by atoms with Gasteiger partial charge in [-0.05, 0) is 11.4 Å². The van der Waals surface area contributed by atoms with Crippen molar-refractivity contribution in [2.45, 2.75) is 18.5 Å². The van der Waals surface area contributed by atoms with Gasteiger partial charge in [0.2, 0.25) is 0 Å². The molecule has 0 spiro atoms. The second kappa shape index (κ2) is 11.4. The van der Waals surface area contributed by atoms with Gasteiger partial charge in [-0.25, -0.2) is 17.7 Å². The van der Waals surface area contributed by atoms with E-state index in [0.29, 0.717) is 4.88 Å². The molecule has 0 aromatic carbocycles. The molecule has 2 atom stereocenters. The molecule has 0 bridgehead atoms. The molecular formula is C16H16N5NaO8S3. The van der Waals surface area contributed by atoms with E-state index in [-0.39, 0.29) is 56.8 Å². The zero-order valence-corrected chi connectivity index (χ0v) is 21.7. The van der Waals surface area contributed by atoms with Crippen molar-refractivity contribution >= 4 is 61.6 Å². The number of thiazole rings is 1. The molecular weight excluding hydrogens is 509 g/mol. The number of aromatic nitrogens is 1. The Morgan fingerprint density at radius 2 is 2.12 bits per heavy atom. The van der Waals surface area contributed by atoms with Crippen molar-refractivity contribution in [2.75, 3.05) is 19.5 Å². The van der Waals surface area contributed by atoms with E-state index >= 15 is 0 Å². The van der Waals surface area contributed by atoms with Crippen molar-refractivity contribution in [3.8, 4) is 0 Å². The van der Waals surface area contributed by atoms with Crippen molar-refractivity contribution in [1.29, 1.82) is 0 Å². The van der Waals surface area contributed by atoms with Crippen LogP contribution in [-0.4, -0.2) is 71.6 Å². The number of esters is 1. The Bertz CT molecular complexity index is 1150. The van der Waals surface area contributed by atoms with E-state index < -0.39 is 46.8 Å². The number of hydrogen-bond acceptors (Lipinski definition) is 13. The minimum absolute atomic E-state index is 0. The Hall–Kier alpha value is -2.08. The van der Waals surface area contributed by atoms with E-state index in [2.05, 4.69) is 20.3 Å². The second-order valence-electron chi connectivity index (χ2n) is 6.24. The Labute approximate surface area is 218 Å². The van der Waals surface area contributed by atoms with Gasteiger partial charge in [0, 0.05) is 10.3 Å². The number of carbonyl (C=O) groups excluding carboxylic acids is 3. The Morgan fingerprint density at radius 1 is 1.39 bits per heavy atom. The predicted octanol–water partition coefficient (Wildman–Crippen LogP) is -3.92. The van der Waals surface area contributed by atoms with E-state index in [4.69, 9.17) is 10.5 Å². The number of rotatable bonds is 9. The van der Waals surface area contributed by atoms with Gasteiger partial charge >= 0.3 is 35.5 Å². The number of β-lactam (4-membered cyclic amide) rings is 1. The van der Waals surface area contributed by atoms with Gasteiger partial charge in [0.05, 0.1) is 6.42 Å². The number of thiophene rings is 1. The van der Waals surface area contributed by atoms with Crippen LogP contribution >= 0.6 is 22.7 Å². The number of anilines is 1. The van der Waals surface area contributed by atoms with Crippen LogP contribution in [0.15, 0.2) is 28.0 Å². The molecule has 2 aromatic rings. The van der Waals surface area contributed by atoms with Gasteiger partial charge in [-0.15, -0.1) is 22.7 Å². The molecule has 172 valence electrons. The third kappa shape index (κ3) is 6.50. The minimum Gasteiger partial charge on any atom is -0.731 e. The van der Waals surface area contributed by atoms with Crippen molar-refractivity contribution in [1.82, 2.24) is 14.6 Å². The number of nitrogens with one attached hydrogen (secondary N) is 1. The third-order valence-corrected chi connectivity index (χ3v) is 6.66. The summed E-state index contributed by atoms with van der Waals surface area (Å²) in [5, 5.41) is 9.16. The monoisotopic (exact) mass is 525 g/mol. The van der Waals surface area contributed by atoms with Crippen LogP contribution in [-0.2, 0) is 40.7 Å². The maximum Gasteiger partial charge on any atom is 1.00 e. The number of amides is 2. The number of nitrogens with two attached hydrogens (primary N) is 1. The number of ether oxygens (including phenoxy) is 1. The Kier molecular flexibility index (Phi) is 9.36. The molecule has 2 aromatic heterocycles. The summed E-state index contributed by atoms with van der Waals surface area (Å²) in [6, 6.07) is 0.562. The van der Waals surface area contributed by atoms with Gasteiger partial charge in [0.15, 0.2) is 21.1 Å². The van der Waals surface area contributed by atoms with Gasteiger partial charge in [-0.1, -0.05) is 11.2 Å². The molecule has 0 aliphatic carbocycles. The Balaban J connectivity index is 0.00000385. The van der Waals surface area contributed by atoms with Gasteiger partial charge in [0.25, 0.3) is 11.8 Å². The molecule has 1 saturated heterocycles. The normalized spacial score (nSPS) is 18.2. The average molecular weight is 526 g/mol. The zero-order chi connectivity index (χ0) is 23.5. The van der Waals surface area contributed by atoms with Crippen LogP contribution in [0.5, 0.6) is 0 Å². The molecule has 0 unspecified atom stereocenters. The number of nitrogen functional groups attached to an aromatic ring is 1. The van der Waals surface area contributed by atoms with Crippen LogP contribution in [0.2, 0.25) is 0 Å². The summed E-state index contributed by atoms with van der Waals surface area (Å²) in [4.78, 5) is 46.2. The maximum absolute atomic E-state index is 12.6. The number of carbonyl (C=O) groups is 3. The third-order valence-electron chi connectivity index (χ3n) is 4.17. The van der Waals surface area contributed by atoms with Crippen LogP contribution < -0.4 is 40.6 Å². The van der Waals surface area contributed by atoms with E-state index in [1.54, 1.807) is 17.5 Å². The molecule has 0 saturated carbocycles. The van der Waals surface area contributed by atoms with Crippen molar-refractivity contribution in [2.24, 2.45) is 5.16 Å². The number of oxime groups is 1.